The van der Waals surface area contributed by atoms with Crippen molar-refractivity contribution in [1.82, 2.24) is 9.97 Å². The van der Waals surface area contributed by atoms with Crippen LogP contribution in [0.5, 0.6) is 0 Å². The number of rotatable bonds is 5. The second-order valence-corrected chi connectivity index (χ2v) is 5.11. The van der Waals surface area contributed by atoms with E-state index in [1.54, 1.807) is 6.26 Å². The van der Waals surface area contributed by atoms with Crippen molar-refractivity contribution in [2.75, 3.05) is 17.4 Å². The fourth-order valence-corrected chi connectivity index (χ4v) is 2.00. The highest BCUT2D eigenvalue weighted by Crippen LogP contribution is 2.25. The Bertz CT molecular complexity index is 565. The Kier molecular flexibility index (Phi) is 4.24. The van der Waals surface area contributed by atoms with E-state index in [0.29, 0.717) is 12.4 Å². The minimum Gasteiger partial charge on any atom is -0.467 e. The molecule has 0 unspecified atom stereocenters. The van der Waals surface area contributed by atoms with Gasteiger partial charge >= 0.3 is 0 Å². The van der Waals surface area contributed by atoms with Crippen molar-refractivity contribution in [1.29, 1.82) is 0 Å². The van der Waals surface area contributed by atoms with E-state index in [0.717, 1.165) is 23.0 Å². The predicted molar refractivity (Wildman–Crippen MR) is 79.5 cm³/mol. The summed E-state index contributed by atoms with van der Waals surface area (Å²) >= 11 is 0. The molecule has 108 valence electrons. The van der Waals surface area contributed by atoms with E-state index in [-0.39, 0.29) is 5.92 Å². The number of aromatic nitrogens is 2. The smallest absolute Gasteiger partial charge is 0.148 e. The van der Waals surface area contributed by atoms with Crippen LogP contribution in [0.15, 0.2) is 22.8 Å². The van der Waals surface area contributed by atoms with Crippen LogP contribution in [-0.4, -0.2) is 17.0 Å². The Morgan fingerprint density at radius 2 is 2.15 bits per heavy atom. The lowest BCUT2D eigenvalue weighted by molar-refractivity contribution is 0.506. The van der Waals surface area contributed by atoms with E-state index in [4.69, 9.17) is 10.3 Å². The number of anilines is 2. The zero-order valence-corrected chi connectivity index (χ0v) is 12.3. The van der Waals surface area contributed by atoms with Gasteiger partial charge in [-0.2, -0.15) is 0 Å². The van der Waals surface area contributed by atoms with Crippen molar-refractivity contribution in [3.63, 3.8) is 0 Å². The van der Waals surface area contributed by atoms with Crippen molar-refractivity contribution in [3.05, 3.63) is 35.5 Å². The van der Waals surface area contributed by atoms with E-state index in [9.17, 15) is 0 Å². The maximum Gasteiger partial charge on any atom is 0.148 e. The molecule has 0 saturated heterocycles. The Balaban J connectivity index is 2.36. The lowest BCUT2D eigenvalue weighted by Crippen LogP contribution is -2.22. The van der Waals surface area contributed by atoms with Gasteiger partial charge in [0.2, 0.25) is 0 Å². The van der Waals surface area contributed by atoms with Crippen molar-refractivity contribution in [3.8, 4) is 0 Å². The Morgan fingerprint density at radius 3 is 2.70 bits per heavy atom. The molecule has 0 aliphatic heterocycles. The highest BCUT2D eigenvalue weighted by atomic mass is 16.3. The van der Waals surface area contributed by atoms with Crippen LogP contribution in [0.1, 0.15) is 36.9 Å². The van der Waals surface area contributed by atoms with Gasteiger partial charge in [-0.05, 0) is 19.1 Å². The van der Waals surface area contributed by atoms with Gasteiger partial charge in [0.15, 0.2) is 0 Å². The average Bonchev–Trinajstić information content (AvgIpc) is 2.91. The first-order chi connectivity index (χ1) is 9.52. The second-order valence-electron chi connectivity index (χ2n) is 5.11. The van der Waals surface area contributed by atoms with Gasteiger partial charge < -0.3 is 14.7 Å². The number of furan rings is 1. The number of hydrazine groups is 1. The van der Waals surface area contributed by atoms with E-state index in [2.05, 4.69) is 29.2 Å². The normalized spacial score (nSPS) is 10.9. The van der Waals surface area contributed by atoms with Crippen LogP contribution in [0.3, 0.4) is 0 Å². The minimum absolute atomic E-state index is 0.235. The van der Waals surface area contributed by atoms with Crippen LogP contribution >= 0.6 is 0 Å². The summed E-state index contributed by atoms with van der Waals surface area (Å²) in [6.45, 7) is 6.71. The Morgan fingerprint density at radius 1 is 1.40 bits per heavy atom. The number of nitrogens with zero attached hydrogens (tertiary/aromatic N) is 3. The molecule has 0 aromatic carbocycles. The summed E-state index contributed by atoms with van der Waals surface area (Å²) in [6, 6.07) is 3.82. The number of nitrogens with one attached hydrogen (secondary N) is 1. The van der Waals surface area contributed by atoms with Gasteiger partial charge in [-0.3, -0.25) is 0 Å². The third kappa shape index (κ3) is 2.91. The molecular formula is C14H21N5O. The summed E-state index contributed by atoms with van der Waals surface area (Å²) in [5, 5.41) is 0. The standard InChI is InChI=1S/C14H21N5O/c1-9(2)12-16-13(18-15)10(3)14(17-12)19(4)8-11-6-5-7-20-11/h5-7,9H,8,15H2,1-4H3,(H,16,17,18). The SMILES string of the molecule is Cc1c(NN)nc(C(C)C)nc1N(C)Cc1ccco1. The molecule has 2 heterocycles. The topological polar surface area (TPSA) is 80.2 Å². The summed E-state index contributed by atoms with van der Waals surface area (Å²) in [7, 11) is 1.97. The first kappa shape index (κ1) is 14.3. The van der Waals surface area contributed by atoms with Gasteiger partial charge in [-0.25, -0.2) is 15.8 Å². The molecule has 2 rings (SSSR count). The van der Waals surface area contributed by atoms with Crippen LogP contribution < -0.4 is 16.2 Å². The van der Waals surface area contributed by atoms with Gasteiger partial charge in [0.05, 0.1) is 12.8 Å². The largest absolute Gasteiger partial charge is 0.467 e. The van der Waals surface area contributed by atoms with E-state index in [1.807, 2.05) is 31.0 Å². The second kappa shape index (κ2) is 5.92. The summed E-state index contributed by atoms with van der Waals surface area (Å²) in [4.78, 5) is 11.1. The molecule has 2 aromatic heterocycles. The maximum absolute atomic E-state index is 5.55. The molecule has 6 heteroatoms. The molecule has 0 aliphatic rings. The molecule has 2 aromatic rings. The highest BCUT2D eigenvalue weighted by molar-refractivity contribution is 5.58. The minimum atomic E-state index is 0.235. The summed E-state index contributed by atoms with van der Waals surface area (Å²) in [6.07, 6.45) is 1.67. The van der Waals surface area contributed by atoms with Gasteiger partial charge in [0.1, 0.15) is 23.2 Å². The lowest BCUT2D eigenvalue weighted by atomic mass is 10.2. The first-order valence-corrected chi connectivity index (χ1v) is 6.61. The molecule has 6 nitrogen and oxygen atoms in total. The molecule has 0 radical (unpaired) electrons. The Labute approximate surface area is 119 Å². The molecule has 20 heavy (non-hydrogen) atoms. The monoisotopic (exact) mass is 275 g/mol. The predicted octanol–water partition coefficient (Wildman–Crippen LogP) is 2.42. The van der Waals surface area contributed by atoms with Crippen LogP contribution in [0.2, 0.25) is 0 Å². The quantitative estimate of drug-likeness (QED) is 0.644. The number of hydrogen-bond acceptors (Lipinski definition) is 6. The molecule has 0 fully saturated rings. The molecule has 0 bridgehead atoms. The van der Waals surface area contributed by atoms with E-state index < -0.39 is 0 Å². The van der Waals surface area contributed by atoms with Crippen LogP contribution in [-0.2, 0) is 6.54 Å². The zero-order chi connectivity index (χ0) is 14.7. The van der Waals surface area contributed by atoms with Crippen molar-refractivity contribution < 1.29 is 4.42 Å². The molecule has 3 N–H and O–H groups in total. The molecule has 0 spiro atoms. The van der Waals surface area contributed by atoms with Crippen molar-refractivity contribution in [2.45, 2.75) is 33.2 Å². The maximum atomic E-state index is 5.55. The molecular weight excluding hydrogens is 254 g/mol. The number of nitrogen functional groups attached to an aromatic ring is 1. The fraction of sp³-hybridized carbons (Fsp3) is 0.429. The molecule has 0 saturated carbocycles. The number of nitrogens with two attached hydrogens (primary N) is 1. The fourth-order valence-electron chi connectivity index (χ4n) is 2.00. The van der Waals surface area contributed by atoms with Crippen LogP contribution in [0, 0.1) is 6.92 Å². The summed E-state index contributed by atoms with van der Waals surface area (Å²) in [5.74, 6) is 8.95. The third-order valence-electron chi connectivity index (χ3n) is 3.13. The third-order valence-corrected chi connectivity index (χ3v) is 3.13. The average molecular weight is 275 g/mol. The van der Waals surface area contributed by atoms with Crippen molar-refractivity contribution in [2.24, 2.45) is 5.84 Å². The van der Waals surface area contributed by atoms with Gasteiger partial charge in [-0.15, -0.1) is 0 Å². The zero-order valence-electron chi connectivity index (χ0n) is 12.3. The molecule has 0 atom stereocenters. The first-order valence-electron chi connectivity index (χ1n) is 6.61. The van der Waals surface area contributed by atoms with Crippen LogP contribution in [0.25, 0.3) is 0 Å². The van der Waals surface area contributed by atoms with Gasteiger partial charge in [-0.1, -0.05) is 13.8 Å². The lowest BCUT2D eigenvalue weighted by Gasteiger charge is -2.21. The van der Waals surface area contributed by atoms with E-state index >= 15 is 0 Å². The number of hydrogen-bond donors (Lipinski definition) is 2. The van der Waals surface area contributed by atoms with Gasteiger partial charge in [0, 0.05) is 18.5 Å². The molecule has 0 aliphatic carbocycles. The van der Waals surface area contributed by atoms with Gasteiger partial charge in [0.25, 0.3) is 0 Å². The van der Waals surface area contributed by atoms with Crippen LogP contribution in [0.4, 0.5) is 11.6 Å². The van der Waals surface area contributed by atoms with E-state index in [1.165, 1.54) is 0 Å². The van der Waals surface area contributed by atoms with Crippen molar-refractivity contribution >= 4 is 11.6 Å². The Hall–Kier alpha value is -2.08. The summed E-state index contributed by atoms with van der Waals surface area (Å²) < 4.78 is 5.37. The summed E-state index contributed by atoms with van der Waals surface area (Å²) in [5.41, 5.74) is 3.57. The highest BCUT2D eigenvalue weighted by Gasteiger charge is 2.16. The molecule has 0 amide bonds.